The summed E-state index contributed by atoms with van der Waals surface area (Å²) in [6.07, 6.45) is 3.34. The first-order valence-corrected chi connectivity index (χ1v) is 8.56. The van der Waals surface area contributed by atoms with Gasteiger partial charge in [0.25, 0.3) is 0 Å². The molecule has 23 heavy (non-hydrogen) atoms. The van der Waals surface area contributed by atoms with Gasteiger partial charge in [0.05, 0.1) is 5.69 Å². The second-order valence-electron chi connectivity index (χ2n) is 7.03. The van der Waals surface area contributed by atoms with Crippen molar-refractivity contribution in [3.63, 3.8) is 0 Å². The zero-order valence-electron chi connectivity index (χ0n) is 14.7. The number of nitrogens with one attached hydrogen (secondary N) is 1. The lowest BCUT2D eigenvalue weighted by Crippen LogP contribution is -2.50. The normalized spacial score (nSPS) is 25.7. The molecule has 0 aliphatic carbocycles. The first-order chi connectivity index (χ1) is 11.0. The highest BCUT2D eigenvalue weighted by Crippen LogP contribution is 2.24. The number of likely N-dealkylation sites (tertiary alicyclic amines) is 1. The summed E-state index contributed by atoms with van der Waals surface area (Å²) in [7, 11) is 4.22. The second kappa shape index (κ2) is 6.85. The fourth-order valence-electron chi connectivity index (χ4n) is 3.57. The molecule has 1 aliphatic rings. The molecule has 0 spiro atoms. The molecule has 2 aromatic rings. The monoisotopic (exact) mass is 312 g/mol. The number of nitrogens with zero attached hydrogens (tertiary/aromatic N) is 3. The number of benzene rings is 1. The summed E-state index contributed by atoms with van der Waals surface area (Å²) in [6.45, 7) is 6.71. The van der Waals surface area contributed by atoms with Crippen molar-refractivity contribution in [1.82, 2.24) is 20.0 Å². The Morgan fingerprint density at radius 2 is 1.91 bits per heavy atom. The van der Waals surface area contributed by atoms with Crippen LogP contribution in [-0.2, 0) is 13.6 Å². The lowest BCUT2D eigenvalue weighted by atomic mass is 9.89. The maximum atomic E-state index is 4.66. The van der Waals surface area contributed by atoms with Crippen molar-refractivity contribution in [3.8, 4) is 11.3 Å². The molecule has 0 saturated carbocycles. The molecule has 124 valence electrons. The van der Waals surface area contributed by atoms with E-state index in [0.717, 1.165) is 18.8 Å². The topological polar surface area (TPSA) is 33.1 Å². The van der Waals surface area contributed by atoms with E-state index >= 15 is 0 Å². The van der Waals surface area contributed by atoms with E-state index in [0.29, 0.717) is 18.0 Å². The molecule has 2 heterocycles. The fraction of sp³-hybridized carbons (Fsp3) is 0.526. The first-order valence-electron chi connectivity index (χ1n) is 8.56. The van der Waals surface area contributed by atoms with Gasteiger partial charge in [0.15, 0.2) is 0 Å². The van der Waals surface area contributed by atoms with Crippen LogP contribution in [0.15, 0.2) is 36.5 Å². The molecular weight excluding hydrogens is 284 g/mol. The zero-order chi connectivity index (χ0) is 16.4. The highest BCUT2D eigenvalue weighted by molar-refractivity contribution is 5.62. The molecule has 1 aliphatic heterocycles. The van der Waals surface area contributed by atoms with Crippen LogP contribution in [0, 0.1) is 5.92 Å². The average Bonchev–Trinajstić information content (AvgIpc) is 2.91. The Kier molecular flexibility index (Phi) is 4.83. The molecule has 3 rings (SSSR count). The number of aryl methyl sites for hydroxylation is 1. The maximum absolute atomic E-state index is 4.66. The van der Waals surface area contributed by atoms with Crippen molar-refractivity contribution < 1.29 is 0 Å². The summed E-state index contributed by atoms with van der Waals surface area (Å²) in [5.74, 6) is 0.674. The molecule has 0 bridgehead atoms. The highest BCUT2D eigenvalue weighted by Gasteiger charge is 2.28. The average molecular weight is 312 g/mol. The molecule has 0 amide bonds. The predicted molar refractivity (Wildman–Crippen MR) is 95.1 cm³/mol. The largest absolute Gasteiger partial charge is 0.309 e. The molecule has 1 saturated heterocycles. The van der Waals surface area contributed by atoms with Gasteiger partial charge in [0, 0.05) is 49.5 Å². The minimum Gasteiger partial charge on any atom is -0.309 e. The van der Waals surface area contributed by atoms with E-state index in [-0.39, 0.29) is 0 Å². The van der Waals surface area contributed by atoms with Crippen molar-refractivity contribution in [2.24, 2.45) is 13.0 Å². The summed E-state index contributed by atoms with van der Waals surface area (Å²) >= 11 is 0. The summed E-state index contributed by atoms with van der Waals surface area (Å²) in [6, 6.07) is 11.7. The van der Waals surface area contributed by atoms with Gasteiger partial charge >= 0.3 is 0 Å². The van der Waals surface area contributed by atoms with Crippen LogP contribution in [-0.4, -0.2) is 40.4 Å². The molecular formula is C19H28N4. The minimum absolute atomic E-state index is 0.574. The number of hydrogen-bond donors (Lipinski definition) is 1. The number of aromatic nitrogens is 2. The molecule has 1 aromatic carbocycles. The van der Waals surface area contributed by atoms with Gasteiger partial charge in [-0.1, -0.05) is 37.3 Å². The van der Waals surface area contributed by atoms with Crippen LogP contribution in [0.3, 0.4) is 0 Å². The van der Waals surface area contributed by atoms with Crippen molar-refractivity contribution in [3.05, 3.63) is 42.1 Å². The summed E-state index contributed by atoms with van der Waals surface area (Å²) < 4.78 is 1.92. The van der Waals surface area contributed by atoms with E-state index in [9.17, 15) is 0 Å². The lowest BCUT2D eigenvalue weighted by molar-refractivity contribution is 0.121. The maximum Gasteiger partial charge on any atom is 0.0967 e. The van der Waals surface area contributed by atoms with Crippen LogP contribution in [0.2, 0.25) is 0 Å². The van der Waals surface area contributed by atoms with Crippen LogP contribution in [0.1, 0.15) is 25.8 Å². The Morgan fingerprint density at radius 3 is 2.65 bits per heavy atom. The third-order valence-corrected chi connectivity index (χ3v) is 5.12. The molecule has 1 fully saturated rings. The molecule has 4 nitrogen and oxygen atoms in total. The second-order valence-corrected chi connectivity index (χ2v) is 7.03. The van der Waals surface area contributed by atoms with Crippen LogP contribution < -0.4 is 5.32 Å². The summed E-state index contributed by atoms with van der Waals surface area (Å²) in [5.41, 5.74) is 3.56. The Morgan fingerprint density at radius 1 is 1.17 bits per heavy atom. The number of rotatable bonds is 4. The van der Waals surface area contributed by atoms with E-state index in [1.807, 2.05) is 17.8 Å². The van der Waals surface area contributed by atoms with Gasteiger partial charge in [-0.25, -0.2) is 0 Å². The Balaban J connectivity index is 1.72. The minimum atomic E-state index is 0.574. The Bertz CT molecular complexity index is 634. The van der Waals surface area contributed by atoms with Gasteiger partial charge in [0.1, 0.15) is 0 Å². The first kappa shape index (κ1) is 16.2. The standard InChI is InChI=1S/C19H28N4/c1-14-12-22(3)15(2)10-18(14)20-11-17-13-23(4)21-19(17)16-8-6-5-7-9-16/h5-9,13-15,18,20H,10-12H2,1-4H3/t14-,15+,18-/m1/s1. The molecule has 4 heteroatoms. The van der Waals surface area contributed by atoms with Crippen LogP contribution in [0.25, 0.3) is 11.3 Å². The van der Waals surface area contributed by atoms with Crippen LogP contribution in [0.5, 0.6) is 0 Å². The Hall–Kier alpha value is -1.65. The fourth-order valence-corrected chi connectivity index (χ4v) is 3.57. The van der Waals surface area contributed by atoms with Crippen molar-refractivity contribution >= 4 is 0 Å². The van der Waals surface area contributed by atoms with Gasteiger partial charge in [-0.05, 0) is 26.3 Å². The zero-order valence-corrected chi connectivity index (χ0v) is 14.7. The van der Waals surface area contributed by atoms with Crippen LogP contribution in [0.4, 0.5) is 0 Å². The molecule has 1 N–H and O–H groups in total. The van der Waals surface area contributed by atoms with E-state index in [4.69, 9.17) is 0 Å². The summed E-state index contributed by atoms with van der Waals surface area (Å²) in [4.78, 5) is 2.46. The van der Waals surface area contributed by atoms with Crippen molar-refractivity contribution in [2.75, 3.05) is 13.6 Å². The van der Waals surface area contributed by atoms with Crippen LogP contribution >= 0.6 is 0 Å². The smallest absolute Gasteiger partial charge is 0.0967 e. The van der Waals surface area contributed by atoms with Crippen molar-refractivity contribution in [2.45, 2.75) is 38.9 Å². The third kappa shape index (κ3) is 3.65. The van der Waals surface area contributed by atoms with E-state index in [2.05, 4.69) is 66.7 Å². The van der Waals surface area contributed by atoms with Gasteiger partial charge < -0.3 is 10.2 Å². The van der Waals surface area contributed by atoms with Gasteiger partial charge in [0.2, 0.25) is 0 Å². The van der Waals surface area contributed by atoms with Gasteiger partial charge in [-0.15, -0.1) is 0 Å². The van der Waals surface area contributed by atoms with E-state index in [1.54, 1.807) is 0 Å². The van der Waals surface area contributed by atoms with E-state index in [1.165, 1.54) is 17.5 Å². The lowest BCUT2D eigenvalue weighted by Gasteiger charge is -2.40. The molecule has 3 atom stereocenters. The number of hydrogen-bond acceptors (Lipinski definition) is 3. The molecule has 0 unspecified atom stereocenters. The molecule has 1 aromatic heterocycles. The van der Waals surface area contributed by atoms with E-state index < -0.39 is 0 Å². The SMILES string of the molecule is C[C@@H]1CN(C)[C@@H](C)C[C@H]1NCc1cn(C)nc1-c1ccccc1. The van der Waals surface area contributed by atoms with Gasteiger partial charge in [-0.3, -0.25) is 4.68 Å². The van der Waals surface area contributed by atoms with Crippen molar-refractivity contribution in [1.29, 1.82) is 0 Å². The van der Waals surface area contributed by atoms with Gasteiger partial charge in [-0.2, -0.15) is 5.10 Å². The quantitative estimate of drug-likeness (QED) is 0.942. The highest BCUT2D eigenvalue weighted by atomic mass is 15.3. The number of piperidine rings is 1. The summed E-state index contributed by atoms with van der Waals surface area (Å²) in [5, 5.41) is 8.44. The Labute approximate surface area is 139 Å². The molecule has 0 radical (unpaired) electrons. The predicted octanol–water partition coefficient (Wildman–Crippen LogP) is 2.91. The third-order valence-electron chi connectivity index (χ3n) is 5.12.